The van der Waals surface area contributed by atoms with Crippen LogP contribution in [0.25, 0.3) is 22.9 Å². The number of rotatable bonds is 11. The third kappa shape index (κ3) is 7.13. The van der Waals surface area contributed by atoms with E-state index in [9.17, 15) is 13.5 Å². The minimum absolute atomic E-state index is 0.0304. The van der Waals surface area contributed by atoms with Gasteiger partial charge in [-0.3, -0.25) is 9.71 Å². The Labute approximate surface area is 263 Å². The van der Waals surface area contributed by atoms with E-state index in [1.165, 1.54) is 40.1 Å². The van der Waals surface area contributed by atoms with Crippen molar-refractivity contribution in [1.82, 2.24) is 40.6 Å². The van der Waals surface area contributed by atoms with Gasteiger partial charge in [0.25, 0.3) is 15.9 Å². The highest BCUT2D eigenvalue weighted by Crippen LogP contribution is 2.43. The SMILES string of the molecule is [2H]C([2H])([2H])c1cnc(S(=O)(=O)Nc2nc(-c3ccnc(-c4nn[nH]n4)c3)nc(OCC(C)(C)O)c2Oc2c(C)cccc2OC)c(C)c1. The van der Waals surface area contributed by atoms with Crippen molar-refractivity contribution in [2.45, 2.75) is 45.2 Å². The molecule has 3 N–H and O–H groups in total. The van der Waals surface area contributed by atoms with Gasteiger partial charge in [0.15, 0.2) is 28.2 Å². The van der Waals surface area contributed by atoms with Gasteiger partial charge in [0.1, 0.15) is 12.3 Å². The molecule has 0 aliphatic heterocycles. The molecule has 4 aromatic heterocycles. The molecule has 15 nitrogen and oxygen atoms in total. The highest BCUT2D eigenvalue weighted by atomic mass is 32.2. The fourth-order valence-corrected chi connectivity index (χ4v) is 5.23. The molecule has 0 aliphatic rings. The van der Waals surface area contributed by atoms with E-state index in [2.05, 4.69) is 45.3 Å². The Hall–Kier alpha value is -5.22. The lowest BCUT2D eigenvalue weighted by molar-refractivity contribution is 0.0260. The molecular weight excluding hydrogens is 602 g/mol. The average molecular weight is 637 g/mol. The van der Waals surface area contributed by atoms with Crippen LogP contribution in [0.1, 0.15) is 34.7 Å². The summed E-state index contributed by atoms with van der Waals surface area (Å²) in [7, 11) is -3.10. The molecule has 16 heteroatoms. The summed E-state index contributed by atoms with van der Waals surface area (Å²) in [6.07, 6.45) is 2.43. The first kappa shape index (κ1) is 27.3. The number of para-hydroxylation sites is 1. The van der Waals surface area contributed by atoms with Crippen molar-refractivity contribution in [2.75, 3.05) is 18.4 Å². The Balaban J connectivity index is 1.72. The molecule has 5 rings (SSSR count). The molecule has 0 saturated heterocycles. The molecule has 0 radical (unpaired) electrons. The summed E-state index contributed by atoms with van der Waals surface area (Å²) in [6.45, 7) is 3.43. The number of aromatic nitrogens is 8. The van der Waals surface area contributed by atoms with Crippen LogP contribution in [0.2, 0.25) is 0 Å². The van der Waals surface area contributed by atoms with Crippen LogP contribution in [0.15, 0.2) is 53.8 Å². The van der Waals surface area contributed by atoms with E-state index < -0.39 is 27.5 Å². The van der Waals surface area contributed by atoms with E-state index in [0.29, 0.717) is 22.6 Å². The van der Waals surface area contributed by atoms with Gasteiger partial charge in [-0.15, -0.1) is 10.2 Å². The fourth-order valence-electron chi connectivity index (χ4n) is 4.06. The molecule has 0 amide bonds. The summed E-state index contributed by atoms with van der Waals surface area (Å²) in [6, 6.07) is 9.50. The minimum Gasteiger partial charge on any atom is -0.493 e. The summed E-state index contributed by atoms with van der Waals surface area (Å²) >= 11 is 0. The Morgan fingerprint density at radius 3 is 2.58 bits per heavy atom. The number of pyridine rings is 2. The van der Waals surface area contributed by atoms with Crippen molar-refractivity contribution in [3.8, 4) is 46.0 Å². The van der Waals surface area contributed by atoms with Crippen molar-refractivity contribution >= 4 is 15.8 Å². The molecule has 0 unspecified atom stereocenters. The van der Waals surface area contributed by atoms with Gasteiger partial charge in [-0.2, -0.15) is 18.6 Å². The second-order valence-electron chi connectivity index (χ2n) is 10.5. The molecular formula is C29H31N9O6S. The Kier molecular flexibility index (Phi) is 7.54. The third-order valence-corrected chi connectivity index (χ3v) is 7.50. The quantitative estimate of drug-likeness (QED) is 0.189. The Morgan fingerprint density at radius 1 is 1.07 bits per heavy atom. The molecule has 0 bridgehead atoms. The van der Waals surface area contributed by atoms with Crippen LogP contribution in [0.4, 0.5) is 5.82 Å². The van der Waals surface area contributed by atoms with Gasteiger partial charge in [-0.25, -0.2) is 9.97 Å². The number of sulfonamides is 1. The van der Waals surface area contributed by atoms with Crippen molar-refractivity contribution in [1.29, 1.82) is 0 Å². The van der Waals surface area contributed by atoms with Crippen LogP contribution in [0, 0.1) is 20.7 Å². The number of aromatic amines is 1. The lowest BCUT2D eigenvalue weighted by atomic mass is 10.2. The molecule has 0 spiro atoms. The molecule has 4 heterocycles. The fraction of sp³-hybridized carbons (Fsp3) is 0.276. The molecule has 0 saturated carbocycles. The van der Waals surface area contributed by atoms with E-state index in [1.807, 2.05) is 0 Å². The predicted molar refractivity (Wildman–Crippen MR) is 163 cm³/mol. The molecule has 0 aliphatic carbocycles. The number of benzene rings is 1. The monoisotopic (exact) mass is 636 g/mol. The van der Waals surface area contributed by atoms with Crippen LogP contribution in [-0.4, -0.2) is 73.4 Å². The maximum absolute atomic E-state index is 13.9. The Morgan fingerprint density at radius 2 is 1.89 bits per heavy atom. The van der Waals surface area contributed by atoms with Gasteiger partial charge >= 0.3 is 0 Å². The highest BCUT2D eigenvalue weighted by Gasteiger charge is 2.28. The summed E-state index contributed by atoms with van der Waals surface area (Å²) in [5.74, 6) is -0.173. The van der Waals surface area contributed by atoms with Crippen molar-refractivity contribution < 1.29 is 31.8 Å². The first-order chi connectivity index (χ1) is 22.6. The van der Waals surface area contributed by atoms with Gasteiger partial charge in [-0.05, 0) is 74.6 Å². The van der Waals surface area contributed by atoms with Gasteiger partial charge in [0, 0.05) is 22.1 Å². The van der Waals surface area contributed by atoms with Crippen LogP contribution in [0.3, 0.4) is 0 Å². The van der Waals surface area contributed by atoms with E-state index in [0.717, 1.165) is 6.20 Å². The van der Waals surface area contributed by atoms with Crippen LogP contribution < -0.4 is 18.9 Å². The second kappa shape index (κ2) is 12.4. The number of methoxy groups -OCH3 is 1. The molecule has 45 heavy (non-hydrogen) atoms. The molecule has 234 valence electrons. The maximum Gasteiger partial charge on any atom is 0.280 e. The first-order valence-corrected chi connectivity index (χ1v) is 14.8. The number of aliphatic hydroxyl groups is 1. The summed E-state index contributed by atoms with van der Waals surface area (Å²) in [5, 5.41) is 23.8. The number of hydrogen-bond acceptors (Lipinski definition) is 13. The smallest absolute Gasteiger partial charge is 0.280 e. The lowest BCUT2D eigenvalue weighted by Gasteiger charge is -2.22. The number of tetrazole rings is 1. The van der Waals surface area contributed by atoms with Crippen LogP contribution in [0.5, 0.6) is 23.1 Å². The van der Waals surface area contributed by atoms with Crippen molar-refractivity contribution in [3.05, 3.63) is 65.5 Å². The normalized spacial score (nSPS) is 13.0. The van der Waals surface area contributed by atoms with Gasteiger partial charge < -0.3 is 19.3 Å². The second-order valence-corrected chi connectivity index (χ2v) is 12.1. The van der Waals surface area contributed by atoms with E-state index >= 15 is 0 Å². The third-order valence-electron chi connectivity index (χ3n) is 6.10. The summed E-state index contributed by atoms with van der Waals surface area (Å²) in [5.41, 5.74) is -0.101. The van der Waals surface area contributed by atoms with Crippen LogP contribution >= 0.6 is 0 Å². The zero-order valence-corrected chi connectivity index (χ0v) is 25.7. The molecule has 0 atom stereocenters. The van der Waals surface area contributed by atoms with E-state index in [4.69, 9.17) is 18.3 Å². The minimum atomic E-state index is -4.55. The maximum atomic E-state index is 13.9. The van der Waals surface area contributed by atoms with Crippen LogP contribution in [-0.2, 0) is 10.0 Å². The zero-order chi connectivity index (χ0) is 34.9. The lowest BCUT2D eigenvalue weighted by Crippen LogP contribution is -2.28. The first-order valence-electron chi connectivity index (χ1n) is 14.8. The molecule has 0 fully saturated rings. The van der Waals surface area contributed by atoms with Crippen molar-refractivity contribution in [2.24, 2.45) is 0 Å². The van der Waals surface area contributed by atoms with E-state index in [1.54, 1.807) is 37.3 Å². The average Bonchev–Trinajstić information content (AvgIpc) is 3.56. The van der Waals surface area contributed by atoms with Gasteiger partial charge in [0.2, 0.25) is 11.6 Å². The van der Waals surface area contributed by atoms with Gasteiger partial charge in [0.05, 0.1) is 12.7 Å². The van der Waals surface area contributed by atoms with E-state index in [-0.39, 0.29) is 52.6 Å². The predicted octanol–water partition coefficient (Wildman–Crippen LogP) is 3.79. The molecule has 5 aromatic rings. The zero-order valence-electron chi connectivity index (χ0n) is 27.9. The van der Waals surface area contributed by atoms with Gasteiger partial charge in [-0.1, -0.05) is 18.2 Å². The Bertz CT molecular complexity index is 2050. The number of anilines is 1. The number of nitrogens with one attached hydrogen (secondary N) is 2. The standard InChI is InChI=1S/C29H31N9O6S/c1-16-12-18(3)28(31-14-16)45(40,41)36-26-23(44-22-17(2)8-7-9-21(22)42-6)27(43-15-29(4,5)39)33-24(32-26)19-10-11-30-20(13-19)25-34-37-38-35-25/h7-14,39H,15H2,1-6H3,(H,32,33,36)(H,34,35,37,38)/i1D3. The summed E-state index contributed by atoms with van der Waals surface area (Å²) in [4.78, 5) is 17.3. The number of H-pyrrole nitrogens is 1. The summed E-state index contributed by atoms with van der Waals surface area (Å²) < 4.78 is 70.9. The molecule has 1 aromatic carbocycles. The number of ether oxygens (including phenoxy) is 3. The number of aryl methyl sites for hydroxylation is 3. The highest BCUT2D eigenvalue weighted by molar-refractivity contribution is 7.92. The topological polar surface area (TPSA) is 200 Å². The van der Waals surface area contributed by atoms with Crippen molar-refractivity contribution in [3.63, 3.8) is 0 Å². The largest absolute Gasteiger partial charge is 0.493 e. The number of hydrogen-bond donors (Lipinski definition) is 3. The number of nitrogens with zero attached hydrogens (tertiary/aromatic N) is 7.